The van der Waals surface area contributed by atoms with Crippen molar-refractivity contribution in [1.29, 1.82) is 0 Å². The van der Waals surface area contributed by atoms with Crippen LogP contribution in [0.2, 0.25) is 0 Å². The lowest BCUT2D eigenvalue weighted by molar-refractivity contribution is 0.669. The van der Waals surface area contributed by atoms with E-state index in [1.807, 2.05) is 12.1 Å². The summed E-state index contributed by atoms with van der Waals surface area (Å²) >= 11 is 0. The number of rotatable bonds is 5. The molecule has 0 N–H and O–H groups in total. The van der Waals surface area contributed by atoms with Crippen molar-refractivity contribution in [3.8, 4) is 44.8 Å². The molecule has 0 radical (unpaired) electrons. The van der Waals surface area contributed by atoms with E-state index in [4.69, 9.17) is 4.42 Å². The van der Waals surface area contributed by atoms with Gasteiger partial charge in [-0.1, -0.05) is 127 Å². The first-order chi connectivity index (χ1) is 28.2. The van der Waals surface area contributed by atoms with Crippen LogP contribution in [0, 0.1) is 0 Å². The highest BCUT2D eigenvalue weighted by Gasteiger charge is 2.17. The van der Waals surface area contributed by atoms with Crippen LogP contribution in [-0.4, -0.2) is 9.13 Å². The Morgan fingerprint density at radius 2 is 0.684 bits per heavy atom. The summed E-state index contributed by atoms with van der Waals surface area (Å²) < 4.78 is 10.9. The molecule has 3 nitrogen and oxygen atoms in total. The number of aromatic nitrogens is 2. The van der Waals surface area contributed by atoms with Crippen LogP contribution in [0.1, 0.15) is 0 Å². The topological polar surface area (TPSA) is 23.0 Å². The maximum atomic E-state index is 6.11. The molecule has 0 saturated carbocycles. The summed E-state index contributed by atoms with van der Waals surface area (Å²) in [5.41, 5.74) is 16.0. The third kappa shape index (κ3) is 4.99. The van der Waals surface area contributed by atoms with Crippen molar-refractivity contribution >= 4 is 65.6 Å². The Morgan fingerprint density at radius 1 is 0.246 bits per heavy atom. The number of furan rings is 1. The maximum absolute atomic E-state index is 6.11. The van der Waals surface area contributed by atoms with Crippen molar-refractivity contribution in [2.24, 2.45) is 0 Å². The van der Waals surface area contributed by atoms with Gasteiger partial charge in [0.2, 0.25) is 0 Å². The van der Waals surface area contributed by atoms with E-state index in [2.05, 4.69) is 203 Å². The molecular weight excluding hydrogens is 693 g/mol. The summed E-state index contributed by atoms with van der Waals surface area (Å²) in [4.78, 5) is 0. The van der Waals surface area contributed by atoms with E-state index in [-0.39, 0.29) is 0 Å². The molecule has 3 heterocycles. The van der Waals surface area contributed by atoms with Crippen molar-refractivity contribution in [3.05, 3.63) is 206 Å². The zero-order chi connectivity index (χ0) is 37.5. The summed E-state index contributed by atoms with van der Waals surface area (Å²) in [6.07, 6.45) is 0. The predicted octanol–water partition coefficient (Wildman–Crippen LogP) is 14.8. The Balaban J connectivity index is 0.937. The first-order valence-electron chi connectivity index (χ1n) is 19.5. The standard InChI is InChI=1S/C54H34N2O/c1-5-22-49-43(18-1)44-19-2-6-23-50(44)56(49)42-27-28-52-47(34-42)45-20-3-7-24-51(45)55(52)41-17-11-16-39(32-41)37-14-9-12-35(30-37)36-13-10-15-38(31-36)40-26-29-54-48(33-40)46-21-4-8-25-53(46)57-54/h1-34H. The first kappa shape index (κ1) is 31.7. The third-order valence-corrected chi connectivity index (χ3v) is 11.7. The van der Waals surface area contributed by atoms with Crippen LogP contribution in [0.3, 0.4) is 0 Å². The van der Waals surface area contributed by atoms with Crippen molar-refractivity contribution in [1.82, 2.24) is 9.13 Å². The normalized spacial score (nSPS) is 11.9. The maximum Gasteiger partial charge on any atom is 0.135 e. The fourth-order valence-corrected chi connectivity index (χ4v) is 9.07. The molecule has 0 aliphatic carbocycles. The van der Waals surface area contributed by atoms with Gasteiger partial charge in [0.25, 0.3) is 0 Å². The van der Waals surface area contributed by atoms with Gasteiger partial charge in [0.05, 0.1) is 22.1 Å². The molecule has 57 heavy (non-hydrogen) atoms. The van der Waals surface area contributed by atoms with Gasteiger partial charge in [-0.05, 0) is 112 Å². The molecule has 0 spiro atoms. The van der Waals surface area contributed by atoms with Crippen LogP contribution in [-0.2, 0) is 0 Å². The predicted molar refractivity (Wildman–Crippen MR) is 239 cm³/mol. The van der Waals surface area contributed by atoms with Gasteiger partial charge < -0.3 is 13.6 Å². The smallest absolute Gasteiger partial charge is 0.135 e. The molecule has 0 aliphatic rings. The fourth-order valence-electron chi connectivity index (χ4n) is 9.07. The average Bonchev–Trinajstić information content (AvgIpc) is 3.94. The highest BCUT2D eigenvalue weighted by atomic mass is 16.3. The molecule has 0 unspecified atom stereocenters. The summed E-state index contributed by atoms with van der Waals surface area (Å²) in [6, 6.07) is 74.6. The summed E-state index contributed by atoms with van der Waals surface area (Å²) in [6.45, 7) is 0. The second-order valence-corrected chi connectivity index (χ2v) is 14.9. The summed E-state index contributed by atoms with van der Waals surface area (Å²) in [7, 11) is 0. The molecule has 12 rings (SSSR count). The molecule has 0 fully saturated rings. The van der Waals surface area contributed by atoms with E-state index >= 15 is 0 Å². The lowest BCUT2D eigenvalue weighted by atomic mass is 9.95. The molecule has 9 aromatic carbocycles. The number of hydrogen-bond acceptors (Lipinski definition) is 1. The lowest BCUT2D eigenvalue weighted by Crippen LogP contribution is -1.96. The molecule has 0 atom stereocenters. The lowest BCUT2D eigenvalue weighted by Gasteiger charge is -2.12. The van der Waals surface area contributed by atoms with Gasteiger partial charge in [0.1, 0.15) is 11.2 Å². The number of fused-ring (bicyclic) bond motifs is 9. The van der Waals surface area contributed by atoms with Crippen molar-refractivity contribution in [2.75, 3.05) is 0 Å². The molecule has 0 bridgehead atoms. The van der Waals surface area contributed by atoms with Crippen molar-refractivity contribution < 1.29 is 4.42 Å². The second kappa shape index (κ2) is 12.5. The molecule has 0 amide bonds. The molecule has 3 heteroatoms. The molecule has 3 aromatic heterocycles. The average molecular weight is 727 g/mol. The Labute approximate surface area is 328 Å². The molecule has 0 aliphatic heterocycles. The van der Waals surface area contributed by atoms with E-state index in [0.29, 0.717) is 0 Å². The minimum Gasteiger partial charge on any atom is -0.456 e. The Hall–Kier alpha value is -7.62. The van der Waals surface area contributed by atoms with Crippen LogP contribution in [0.5, 0.6) is 0 Å². The largest absolute Gasteiger partial charge is 0.456 e. The first-order valence-corrected chi connectivity index (χ1v) is 19.5. The van der Waals surface area contributed by atoms with Gasteiger partial charge in [-0.2, -0.15) is 0 Å². The highest BCUT2D eigenvalue weighted by Crippen LogP contribution is 2.39. The van der Waals surface area contributed by atoms with Gasteiger partial charge in [-0.3, -0.25) is 0 Å². The molecule has 12 aromatic rings. The Kier molecular flexibility index (Phi) is 6.93. The van der Waals surface area contributed by atoms with Gasteiger partial charge in [0, 0.05) is 43.7 Å². The van der Waals surface area contributed by atoms with Crippen LogP contribution < -0.4 is 0 Å². The minimum absolute atomic E-state index is 0.913. The number of hydrogen-bond donors (Lipinski definition) is 0. The van der Waals surface area contributed by atoms with E-state index in [9.17, 15) is 0 Å². The van der Waals surface area contributed by atoms with Crippen molar-refractivity contribution in [2.45, 2.75) is 0 Å². The van der Waals surface area contributed by atoms with Gasteiger partial charge >= 0.3 is 0 Å². The van der Waals surface area contributed by atoms with E-state index < -0.39 is 0 Å². The van der Waals surface area contributed by atoms with Gasteiger partial charge in [-0.15, -0.1) is 0 Å². The Bertz CT molecular complexity index is 3490. The number of nitrogens with zero attached hydrogens (tertiary/aromatic N) is 2. The highest BCUT2D eigenvalue weighted by molar-refractivity contribution is 6.12. The monoisotopic (exact) mass is 726 g/mol. The molecule has 266 valence electrons. The molecular formula is C54H34N2O. The van der Waals surface area contributed by atoms with E-state index in [1.165, 1.54) is 77.0 Å². The van der Waals surface area contributed by atoms with Crippen LogP contribution >= 0.6 is 0 Å². The Morgan fingerprint density at radius 3 is 1.30 bits per heavy atom. The molecule has 0 saturated heterocycles. The van der Waals surface area contributed by atoms with Crippen LogP contribution in [0.4, 0.5) is 0 Å². The fraction of sp³-hybridized carbons (Fsp3) is 0. The van der Waals surface area contributed by atoms with Crippen LogP contribution in [0.25, 0.3) is 110 Å². The number of benzene rings is 9. The second-order valence-electron chi connectivity index (χ2n) is 14.9. The van der Waals surface area contributed by atoms with Crippen molar-refractivity contribution in [3.63, 3.8) is 0 Å². The van der Waals surface area contributed by atoms with E-state index in [1.54, 1.807) is 0 Å². The SMILES string of the molecule is c1cc(-c2cccc(-c3ccc4oc5ccccc5c4c3)c2)cc(-c2cccc(-n3c4ccccc4c4cc(-n5c6ccccc6c6ccccc65)ccc43)c2)c1. The zero-order valence-corrected chi connectivity index (χ0v) is 30.9. The quantitative estimate of drug-likeness (QED) is 0.173. The minimum atomic E-state index is 0.913. The summed E-state index contributed by atoms with van der Waals surface area (Å²) in [5.74, 6) is 0. The van der Waals surface area contributed by atoms with Gasteiger partial charge in [-0.25, -0.2) is 0 Å². The zero-order valence-electron chi connectivity index (χ0n) is 30.9. The van der Waals surface area contributed by atoms with Crippen LogP contribution in [0.15, 0.2) is 211 Å². The van der Waals surface area contributed by atoms with Gasteiger partial charge in [0.15, 0.2) is 0 Å². The van der Waals surface area contributed by atoms with E-state index in [0.717, 1.165) is 33.3 Å². The summed E-state index contributed by atoms with van der Waals surface area (Å²) in [5, 5.41) is 7.29. The third-order valence-electron chi connectivity index (χ3n) is 11.7. The number of para-hydroxylation sites is 4.